The van der Waals surface area contributed by atoms with Gasteiger partial charge in [-0.2, -0.15) is 0 Å². The van der Waals surface area contributed by atoms with Gasteiger partial charge in [0.1, 0.15) is 5.75 Å². The van der Waals surface area contributed by atoms with Gasteiger partial charge in [0.25, 0.3) is 0 Å². The van der Waals surface area contributed by atoms with Crippen molar-refractivity contribution in [2.75, 3.05) is 7.11 Å². The molecule has 0 saturated carbocycles. The van der Waals surface area contributed by atoms with Crippen molar-refractivity contribution in [3.63, 3.8) is 0 Å². The van der Waals surface area contributed by atoms with E-state index in [-0.39, 0.29) is 0 Å². The highest BCUT2D eigenvalue weighted by Crippen LogP contribution is 2.29. The Labute approximate surface area is 86.0 Å². The van der Waals surface area contributed by atoms with Gasteiger partial charge < -0.3 is 4.74 Å². The van der Waals surface area contributed by atoms with Crippen LogP contribution < -0.4 is 4.74 Å². The van der Waals surface area contributed by atoms with Crippen LogP contribution in [0.3, 0.4) is 0 Å². The zero-order chi connectivity index (χ0) is 9.84. The third-order valence-electron chi connectivity index (χ3n) is 1.87. The average Bonchev–Trinajstić information content (AvgIpc) is 2.16. The maximum absolute atomic E-state index is 10.7. The Bertz CT molecular complexity index is 321. The van der Waals surface area contributed by atoms with Crippen LogP contribution in [-0.4, -0.2) is 13.4 Å². The van der Waals surface area contributed by atoms with Crippen molar-refractivity contribution in [2.45, 2.75) is 13.3 Å². The van der Waals surface area contributed by atoms with Gasteiger partial charge in [0.05, 0.1) is 17.1 Å². The van der Waals surface area contributed by atoms with Crippen LogP contribution in [0.1, 0.15) is 22.8 Å². The first-order valence-corrected chi connectivity index (χ1v) is 4.83. The third kappa shape index (κ3) is 2.10. The Morgan fingerprint density at radius 1 is 1.54 bits per heavy atom. The van der Waals surface area contributed by atoms with Gasteiger partial charge in [0.15, 0.2) is 6.29 Å². The number of benzene rings is 1. The van der Waals surface area contributed by atoms with Crippen molar-refractivity contribution in [1.29, 1.82) is 0 Å². The van der Waals surface area contributed by atoms with E-state index in [0.717, 1.165) is 22.7 Å². The second-order valence-corrected chi connectivity index (χ2v) is 3.53. The Kier molecular flexibility index (Phi) is 3.48. The first kappa shape index (κ1) is 10.3. The van der Waals surface area contributed by atoms with E-state index in [1.807, 2.05) is 19.1 Å². The minimum Gasteiger partial charge on any atom is -0.495 e. The van der Waals surface area contributed by atoms with E-state index in [1.54, 1.807) is 7.11 Å². The topological polar surface area (TPSA) is 26.3 Å². The molecule has 0 unspecified atom stereocenters. The number of ether oxygens (including phenoxy) is 1. The molecule has 0 bridgehead atoms. The van der Waals surface area contributed by atoms with Gasteiger partial charge in [0.2, 0.25) is 0 Å². The molecule has 1 aromatic rings. The summed E-state index contributed by atoms with van der Waals surface area (Å²) in [5, 5.41) is 0. The van der Waals surface area contributed by atoms with Crippen LogP contribution in [0.5, 0.6) is 5.75 Å². The van der Waals surface area contributed by atoms with Gasteiger partial charge >= 0.3 is 0 Å². The smallest absolute Gasteiger partial charge is 0.153 e. The zero-order valence-corrected chi connectivity index (χ0v) is 9.22. The standard InChI is InChI=1S/C10H11BrO2/c1-3-7-4-8(6-12)10(13-2)9(11)5-7/h4-6H,3H2,1-2H3. The lowest BCUT2D eigenvalue weighted by Gasteiger charge is -2.07. The molecule has 0 spiro atoms. The molecule has 13 heavy (non-hydrogen) atoms. The number of methoxy groups -OCH3 is 1. The summed E-state index contributed by atoms with van der Waals surface area (Å²) in [6, 6.07) is 3.81. The first-order valence-electron chi connectivity index (χ1n) is 4.04. The van der Waals surface area contributed by atoms with Crippen molar-refractivity contribution in [1.82, 2.24) is 0 Å². The lowest BCUT2D eigenvalue weighted by molar-refractivity contribution is 0.112. The molecule has 70 valence electrons. The lowest BCUT2D eigenvalue weighted by atomic mass is 10.1. The van der Waals surface area contributed by atoms with Gasteiger partial charge in [-0.1, -0.05) is 6.92 Å². The minimum atomic E-state index is 0.591. The Hall–Kier alpha value is -0.830. The van der Waals surface area contributed by atoms with Crippen LogP contribution in [-0.2, 0) is 6.42 Å². The molecular formula is C10H11BrO2. The molecule has 1 aromatic carbocycles. The summed E-state index contributed by atoms with van der Waals surface area (Å²) in [4.78, 5) is 10.7. The van der Waals surface area contributed by atoms with Crippen molar-refractivity contribution in [3.05, 3.63) is 27.7 Å². The van der Waals surface area contributed by atoms with Crippen LogP contribution in [0.15, 0.2) is 16.6 Å². The molecule has 1 rings (SSSR count). The lowest BCUT2D eigenvalue weighted by Crippen LogP contribution is -1.94. The molecule has 0 saturated heterocycles. The van der Waals surface area contributed by atoms with Crippen LogP contribution >= 0.6 is 15.9 Å². The normalized spacial score (nSPS) is 9.77. The number of hydrogen-bond donors (Lipinski definition) is 0. The van der Waals surface area contributed by atoms with Crippen molar-refractivity contribution in [2.24, 2.45) is 0 Å². The van der Waals surface area contributed by atoms with Gasteiger partial charge in [-0.25, -0.2) is 0 Å². The highest BCUT2D eigenvalue weighted by Gasteiger charge is 2.07. The van der Waals surface area contributed by atoms with Crippen LogP contribution in [0.2, 0.25) is 0 Å². The summed E-state index contributed by atoms with van der Waals surface area (Å²) in [6.07, 6.45) is 1.71. The van der Waals surface area contributed by atoms with E-state index in [0.29, 0.717) is 11.3 Å². The predicted molar refractivity (Wildman–Crippen MR) is 55.5 cm³/mol. The van der Waals surface area contributed by atoms with Gasteiger partial charge in [0, 0.05) is 0 Å². The fourth-order valence-electron chi connectivity index (χ4n) is 1.18. The minimum absolute atomic E-state index is 0.591. The second kappa shape index (κ2) is 4.42. The summed E-state index contributed by atoms with van der Waals surface area (Å²) in [6.45, 7) is 2.04. The van der Waals surface area contributed by atoms with E-state index in [1.165, 1.54) is 0 Å². The summed E-state index contributed by atoms with van der Waals surface area (Å²) in [7, 11) is 1.55. The van der Waals surface area contributed by atoms with Crippen molar-refractivity contribution in [3.8, 4) is 5.75 Å². The van der Waals surface area contributed by atoms with E-state index < -0.39 is 0 Å². The van der Waals surface area contributed by atoms with E-state index in [9.17, 15) is 4.79 Å². The van der Waals surface area contributed by atoms with Gasteiger partial charge in [-0.15, -0.1) is 0 Å². The van der Waals surface area contributed by atoms with E-state index >= 15 is 0 Å². The largest absolute Gasteiger partial charge is 0.495 e. The monoisotopic (exact) mass is 242 g/mol. The number of aldehydes is 1. The molecule has 0 atom stereocenters. The number of aryl methyl sites for hydroxylation is 1. The predicted octanol–water partition coefficient (Wildman–Crippen LogP) is 2.83. The quantitative estimate of drug-likeness (QED) is 0.763. The van der Waals surface area contributed by atoms with Crippen LogP contribution in [0.4, 0.5) is 0 Å². The van der Waals surface area contributed by atoms with Gasteiger partial charge in [-0.05, 0) is 40.0 Å². The molecule has 0 radical (unpaired) electrons. The second-order valence-electron chi connectivity index (χ2n) is 2.67. The van der Waals surface area contributed by atoms with Gasteiger partial charge in [-0.3, -0.25) is 4.79 Å². The summed E-state index contributed by atoms with van der Waals surface area (Å²) in [5.74, 6) is 0.604. The molecule has 0 aliphatic carbocycles. The number of carbonyl (C=O) groups excluding carboxylic acids is 1. The molecule has 0 heterocycles. The molecule has 0 aromatic heterocycles. The van der Waals surface area contributed by atoms with Crippen molar-refractivity contribution >= 4 is 22.2 Å². The summed E-state index contributed by atoms with van der Waals surface area (Å²) in [5.41, 5.74) is 1.71. The third-order valence-corrected chi connectivity index (χ3v) is 2.46. The Morgan fingerprint density at radius 2 is 2.23 bits per heavy atom. The molecule has 0 aliphatic rings. The van der Waals surface area contributed by atoms with E-state index in [2.05, 4.69) is 15.9 Å². The molecule has 3 heteroatoms. The van der Waals surface area contributed by atoms with Crippen LogP contribution in [0, 0.1) is 0 Å². The summed E-state index contributed by atoms with van der Waals surface area (Å²) >= 11 is 3.36. The zero-order valence-electron chi connectivity index (χ0n) is 7.63. The maximum Gasteiger partial charge on any atom is 0.153 e. The maximum atomic E-state index is 10.7. The number of rotatable bonds is 3. The SMILES string of the molecule is CCc1cc(Br)c(OC)c(C=O)c1. The summed E-state index contributed by atoms with van der Waals surface area (Å²) < 4.78 is 5.92. The Morgan fingerprint density at radius 3 is 2.69 bits per heavy atom. The molecule has 2 nitrogen and oxygen atoms in total. The fraction of sp³-hybridized carbons (Fsp3) is 0.300. The average molecular weight is 243 g/mol. The molecule has 0 amide bonds. The van der Waals surface area contributed by atoms with Crippen molar-refractivity contribution < 1.29 is 9.53 Å². The molecular weight excluding hydrogens is 232 g/mol. The molecule has 0 N–H and O–H groups in total. The number of halogens is 1. The fourth-order valence-corrected chi connectivity index (χ4v) is 1.86. The number of hydrogen-bond acceptors (Lipinski definition) is 2. The van der Waals surface area contributed by atoms with E-state index in [4.69, 9.17) is 4.74 Å². The highest BCUT2D eigenvalue weighted by molar-refractivity contribution is 9.10. The molecule has 0 fully saturated rings. The number of carbonyl (C=O) groups is 1. The van der Waals surface area contributed by atoms with Crippen LogP contribution in [0.25, 0.3) is 0 Å². The first-order chi connectivity index (χ1) is 6.22. The Balaban J connectivity index is 3.28. The molecule has 0 aliphatic heterocycles. The highest BCUT2D eigenvalue weighted by atomic mass is 79.9.